The normalized spacial score (nSPS) is 16.2. The average Bonchev–Trinajstić information content (AvgIpc) is 3.12. The van der Waals surface area contributed by atoms with E-state index in [1.807, 2.05) is 23.1 Å². The van der Waals surface area contributed by atoms with E-state index in [0.717, 1.165) is 48.8 Å². The Morgan fingerprint density at radius 3 is 2.61 bits per heavy atom. The van der Waals surface area contributed by atoms with E-state index < -0.39 is 5.92 Å². The fourth-order valence-electron chi connectivity index (χ4n) is 4.38. The first-order chi connectivity index (χ1) is 16.1. The second-order valence-electron chi connectivity index (χ2n) is 8.13. The van der Waals surface area contributed by atoms with Gasteiger partial charge in [0.15, 0.2) is 17.2 Å². The lowest BCUT2D eigenvalue weighted by atomic mass is 9.86. The number of nitrogens with zero attached hydrogens (tertiary/aromatic N) is 1. The van der Waals surface area contributed by atoms with Crippen LogP contribution < -0.4 is 18.5 Å². The molecular weight excluding hydrogens is 561 g/mol. The van der Waals surface area contributed by atoms with Crippen molar-refractivity contribution in [2.45, 2.75) is 38.0 Å². The standard InChI is InChI=1S/C24H27ClINO6/c25-33-22-13-17(30-10-7-26)12-19(28)24(22)18(14-23(29)27-8-3-1-2-4-9-27)16-5-6-20-21(11-16)32-15-31-20/h5-6,11-13,18,28H,1-4,7-10,14-15H2. The monoisotopic (exact) mass is 587 g/mol. The summed E-state index contributed by atoms with van der Waals surface area (Å²) < 4.78 is 22.6. The highest BCUT2D eigenvalue weighted by molar-refractivity contribution is 14.1. The number of amides is 1. The molecule has 2 aromatic carbocycles. The van der Waals surface area contributed by atoms with Gasteiger partial charge in [0.1, 0.15) is 23.4 Å². The lowest BCUT2D eigenvalue weighted by Gasteiger charge is -2.26. The van der Waals surface area contributed by atoms with Crippen LogP contribution in [0.2, 0.25) is 0 Å². The van der Waals surface area contributed by atoms with Crippen LogP contribution in [0.25, 0.3) is 0 Å². The molecule has 2 aliphatic heterocycles. The smallest absolute Gasteiger partial charge is 0.231 e. The first kappa shape index (κ1) is 24.1. The van der Waals surface area contributed by atoms with Crippen molar-refractivity contribution >= 4 is 40.4 Å². The lowest BCUT2D eigenvalue weighted by Crippen LogP contribution is -2.33. The predicted octanol–water partition coefficient (Wildman–Crippen LogP) is 5.39. The molecular formula is C24H27ClINO6. The molecule has 0 aliphatic carbocycles. The Labute approximate surface area is 212 Å². The fraction of sp³-hybridized carbons (Fsp3) is 0.458. The summed E-state index contributed by atoms with van der Waals surface area (Å²) in [4.78, 5) is 15.3. The number of aromatic hydroxyl groups is 1. The van der Waals surface area contributed by atoms with Gasteiger partial charge in [0.25, 0.3) is 0 Å². The Morgan fingerprint density at radius 2 is 1.88 bits per heavy atom. The van der Waals surface area contributed by atoms with Crippen molar-refractivity contribution in [2.24, 2.45) is 0 Å². The summed E-state index contributed by atoms with van der Waals surface area (Å²) in [5.41, 5.74) is 1.24. The third kappa shape index (κ3) is 5.71. The highest BCUT2D eigenvalue weighted by Gasteiger charge is 2.30. The summed E-state index contributed by atoms with van der Waals surface area (Å²) in [6, 6.07) is 8.73. The van der Waals surface area contributed by atoms with Crippen LogP contribution >= 0.6 is 34.5 Å². The molecule has 0 bridgehead atoms. The van der Waals surface area contributed by atoms with Crippen LogP contribution in [0.3, 0.4) is 0 Å². The van der Waals surface area contributed by atoms with Crippen molar-refractivity contribution < 1.29 is 28.4 Å². The Kier molecular flexibility index (Phi) is 8.29. The molecule has 1 atom stereocenters. The Morgan fingerprint density at radius 1 is 1.12 bits per heavy atom. The highest BCUT2D eigenvalue weighted by Crippen LogP contribution is 2.45. The molecule has 1 fully saturated rings. The van der Waals surface area contributed by atoms with E-state index in [1.165, 1.54) is 6.07 Å². The minimum Gasteiger partial charge on any atom is -0.507 e. The molecule has 7 nitrogen and oxygen atoms in total. The van der Waals surface area contributed by atoms with Crippen LogP contribution in [0, 0.1) is 0 Å². The number of hydrogen-bond donors (Lipinski definition) is 1. The third-order valence-electron chi connectivity index (χ3n) is 6.01. The summed E-state index contributed by atoms with van der Waals surface area (Å²) in [7, 11) is 0. The number of halogens is 2. The van der Waals surface area contributed by atoms with Crippen LogP contribution in [-0.4, -0.2) is 46.8 Å². The number of phenolic OH excluding ortho intramolecular Hbond substituents is 1. The van der Waals surface area contributed by atoms with Crippen LogP contribution in [0.5, 0.6) is 28.7 Å². The van der Waals surface area contributed by atoms with Crippen LogP contribution in [0.1, 0.15) is 49.1 Å². The highest BCUT2D eigenvalue weighted by atomic mass is 127. The Hall–Kier alpha value is -2.07. The fourth-order valence-corrected chi connectivity index (χ4v) is 4.73. The minimum atomic E-state index is -0.498. The van der Waals surface area contributed by atoms with Gasteiger partial charge in [-0.1, -0.05) is 41.5 Å². The van der Waals surface area contributed by atoms with Gasteiger partial charge in [-0.15, -0.1) is 0 Å². The summed E-state index contributed by atoms with van der Waals surface area (Å²) in [6.45, 7) is 2.14. The van der Waals surface area contributed by atoms with E-state index in [9.17, 15) is 9.90 Å². The largest absolute Gasteiger partial charge is 0.507 e. The molecule has 178 valence electrons. The van der Waals surface area contributed by atoms with E-state index in [1.54, 1.807) is 6.07 Å². The molecule has 2 heterocycles. The Bertz CT molecular complexity index is 980. The number of carbonyl (C=O) groups is 1. The Balaban J connectivity index is 1.71. The lowest BCUT2D eigenvalue weighted by molar-refractivity contribution is -0.131. The van der Waals surface area contributed by atoms with E-state index in [4.69, 9.17) is 30.4 Å². The van der Waals surface area contributed by atoms with Gasteiger partial charge < -0.3 is 28.5 Å². The van der Waals surface area contributed by atoms with Crippen molar-refractivity contribution in [3.05, 3.63) is 41.5 Å². The van der Waals surface area contributed by atoms with Gasteiger partial charge >= 0.3 is 0 Å². The van der Waals surface area contributed by atoms with Gasteiger partial charge in [0.2, 0.25) is 12.7 Å². The summed E-state index contributed by atoms with van der Waals surface area (Å²) in [6.07, 6.45) is 4.45. The van der Waals surface area contributed by atoms with Crippen molar-refractivity contribution in [1.29, 1.82) is 0 Å². The maximum atomic E-state index is 13.3. The number of ether oxygens (including phenoxy) is 3. The van der Waals surface area contributed by atoms with Gasteiger partial charge in [-0.2, -0.15) is 0 Å². The number of fused-ring (bicyclic) bond motifs is 1. The van der Waals surface area contributed by atoms with Crippen molar-refractivity contribution in [3.8, 4) is 28.7 Å². The van der Waals surface area contributed by atoms with E-state index in [2.05, 4.69) is 22.6 Å². The van der Waals surface area contributed by atoms with Crippen molar-refractivity contribution in [2.75, 3.05) is 30.9 Å². The van der Waals surface area contributed by atoms with E-state index in [-0.39, 0.29) is 30.6 Å². The SMILES string of the molecule is O=C(CC(c1ccc2c(c1)OCO2)c1c(O)cc(OCCI)cc1OCl)N1CCCCCC1. The summed E-state index contributed by atoms with van der Waals surface area (Å²) in [5.74, 6) is 1.46. The van der Waals surface area contributed by atoms with Crippen LogP contribution in [0.15, 0.2) is 30.3 Å². The number of benzene rings is 2. The number of likely N-dealkylation sites (tertiary alicyclic amines) is 1. The molecule has 0 spiro atoms. The number of hydrogen-bond acceptors (Lipinski definition) is 6. The molecule has 0 radical (unpaired) electrons. The van der Waals surface area contributed by atoms with E-state index >= 15 is 0 Å². The van der Waals surface area contributed by atoms with Gasteiger partial charge in [0, 0.05) is 47.6 Å². The first-order valence-electron chi connectivity index (χ1n) is 11.1. The second kappa shape index (κ2) is 11.4. The zero-order valence-corrected chi connectivity index (χ0v) is 21.1. The molecule has 4 rings (SSSR count). The number of rotatable bonds is 8. The molecule has 1 saturated heterocycles. The molecule has 1 N–H and O–H groups in total. The molecule has 2 aromatic rings. The van der Waals surface area contributed by atoms with E-state index in [0.29, 0.717) is 29.4 Å². The average molecular weight is 588 g/mol. The van der Waals surface area contributed by atoms with Gasteiger partial charge in [-0.3, -0.25) is 4.79 Å². The van der Waals surface area contributed by atoms with Gasteiger partial charge in [-0.05, 0) is 30.5 Å². The van der Waals surface area contributed by atoms with Gasteiger partial charge in [0.05, 0.1) is 6.61 Å². The third-order valence-corrected chi connectivity index (χ3v) is 6.61. The molecule has 2 aliphatic rings. The van der Waals surface area contributed by atoms with Crippen LogP contribution in [0.4, 0.5) is 0 Å². The zero-order valence-electron chi connectivity index (χ0n) is 18.2. The number of alkyl halides is 1. The number of carbonyl (C=O) groups excluding carboxylic acids is 1. The molecule has 0 aromatic heterocycles. The second-order valence-corrected chi connectivity index (χ2v) is 9.37. The first-order valence-corrected chi connectivity index (χ1v) is 13.0. The zero-order chi connectivity index (χ0) is 23.2. The summed E-state index contributed by atoms with van der Waals surface area (Å²) >= 11 is 8.04. The summed E-state index contributed by atoms with van der Waals surface area (Å²) in [5, 5.41) is 11.0. The molecule has 33 heavy (non-hydrogen) atoms. The molecule has 0 saturated carbocycles. The maximum Gasteiger partial charge on any atom is 0.231 e. The number of phenols is 1. The van der Waals surface area contributed by atoms with Gasteiger partial charge in [-0.25, -0.2) is 0 Å². The molecule has 1 unspecified atom stereocenters. The van der Waals surface area contributed by atoms with Crippen molar-refractivity contribution in [3.63, 3.8) is 0 Å². The molecule has 9 heteroatoms. The van der Waals surface area contributed by atoms with Crippen LogP contribution in [-0.2, 0) is 4.79 Å². The van der Waals surface area contributed by atoms with Crippen molar-refractivity contribution in [1.82, 2.24) is 4.90 Å². The molecule has 1 amide bonds. The topological polar surface area (TPSA) is 77.5 Å². The quantitative estimate of drug-likeness (QED) is 0.330. The minimum absolute atomic E-state index is 0.0322. The predicted molar refractivity (Wildman–Crippen MR) is 133 cm³/mol. The maximum absolute atomic E-state index is 13.3.